The maximum Gasteiger partial charge on any atom is 0.258 e. The molecule has 1 aliphatic rings. The van der Waals surface area contributed by atoms with Gasteiger partial charge in [0.1, 0.15) is 5.82 Å². The van der Waals surface area contributed by atoms with Crippen LogP contribution in [0.15, 0.2) is 40.9 Å². The summed E-state index contributed by atoms with van der Waals surface area (Å²) >= 11 is 0. The number of imidazole rings is 1. The smallest absolute Gasteiger partial charge is 0.258 e. The first-order chi connectivity index (χ1) is 13.1. The van der Waals surface area contributed by atoms with E-state index in [9.17, 15) is 0 Å². The number of aryl methyl sites for hydroxylation is 1. The molecule has 0 saturated carbocycles. The Balaban J connectivity index is 1.48. The number of H-pyrrole nitrogens is 1. The van der Waals surface area contributed by atoms with E-state index >= 15 is 0 Å². The number of hydrogen-bond acceptors (Lipinski definition) is 7. The average Bonchev–Trinajstić information content (AvgIpc) is 3.37. The Bertz CT molecular complexity index is 1140. The van der Waals surface area contributed by atoms with Gasteiger partial charge in [-0.1, -0.05) is 5.16 Å². The second kappa shape index (κ2) is 5.82. The Hall–Kier alpha value is -3.39. The molecule has 0 amide bonds. The Morgan fingerprint density at radius 1 is 1.04 bits per heavy atom. The highest BCUT2D eigenvalue weighted by atomic mass is 16.5. The molecule has 3 heterocycles. The van der Waals surface area contributed by atoms with Gasteiger partial charge in [-0.2, -0.15) is 4.98 Å². The van der Waals surface area contributed by atoms with Crippen LogP contribution in [0.1, 0.15) is 19.7 Å². The van der Waals surface area contributed by atoms with Crippen molar-refractivity contribution in [3.8, 4) is 22.8 Å². The van der Waals surface area contributed by atoms with Gasteiger partial charge < -0.3 is 14.9 Å². The zero-order valence-electron chi connectivity index (χ0n) is 15.2. The summed E-state index contributed by atoms with van der Waals surface area (Å²) < 4.78 is 5.50. The lowest BCUT2D eigenvalue weighted by atomic mass is 10.1. The lowest BCUT2D eigenvalue weighted by Crippen LogP contribution is -2.41. The highest BCUT2D eigenvalue weighted by Gasteiger charge is 2.22. The van der Waals surface area contributed by atoms with Crippen molar-refractivity contribution >= 4 is 22.4 Å². The van der Waals surface area contributed by atoms with E-state index in [2.05, 4.69) is 49.9 Å². The zero-order valence-corrected chi connectivity index (χ0v) is 15.2. The lowest BCUT2D eigenvalue weighted by Gasteiger charge is -2.21. The van der Waals surface area contributed by atoms with Gasteiger partial charge in [0.15, 0.2) is 0 Å². The minimum Gasteiger partial charge on any atom is -0.342 e. The van der Waals surface area contributed by atoms with Crippen LogP contribution in [0.25, 0.3) is 33.9 Å². The van der Waals surface area contributed by atoms with Crippen LogP contribution in [0.4, 0.5) is 11.4 Å². The molecule has 3 N–H and O–H groups in total. The molecule has 8 nitrogen and oxygen atoms in total. The molecular weight excluding hydrogens is 342 g/mol. The third-order valence-corrected chi connectivity index (χ3v) is 4.61. The van der Waals surface area contributed by atoms with Crippen LogP contribution in [-0.2, 0) is 0 Å². The van der Waals surface area contributed by atoms with E-state index in [0.717, 1.165) is 39.4 Å². The standard InChI is InChI=1S/C19H19N7O/c1-10(2)26-17-7-5-12(8-16(17)23-25-26)18-22-19(27-24-18)13-4-6-14-15(9-13)21-11(3)20-14/h4-10,23,25H,1-3H3,(H,20,21). The minimum absolute atomic E-state index is 0.336. The average molecular weight is 361 g/mol. The zero-order chi connectivity index (χ0) is 18.5. The van der Waals surface area contributed by atoms with E-state index in [0.29, 0.717) is 17.8 Å². The van der Waals surface area contributed by atoms with Crippen molar-refractivity contribution in [2.75, 3.05) is 10.4 Å². The van der Waals surface area contributed by atoms with Crippen molar-refractivity contribution in [2.45, 2.75) is 26.8 Å². The fraction of sp³-hybridized carbons (Fsp3) is 0.211. The third-order valence-electron chi connectivity index (χ3n) is 4.61. The summed E-state index contributed by atoms with van der Waals surface area (Å²) in [7, 11) is 0. The van der Waals surface area contributed by atoms with Gasteiger partial charge in [-0.3, -0.25) is 5.01 Å². The van der Waals surface area contributed by atoms with E-state index in [1.165, 1.54) is 0 Å². The Labute approximate surface area is 155 Å². The number of nitrogens with zero attached hydrogens (tertiary/aromatic N) is 4. The van der Waals surface area contributed by atoms with Crippen molar-refractivity contribution in [2.24, 2.45) is 0 Å². The molecule has 0 spiro atoms. The van der Waals surface area contributed by atoms with Gasteiger partial charge in [0.2, 0.25) is 5.82 Å². The van der Waals surface area contributed by atoms with Crippen LogP contribution in [0.2, 0.25) is 0 Å². The summed E-state index contributed by atoms with van der Waals surface area (Å²) in [4.78, 5) is 12.2. The number of hydrazine groups is 2. The van der Waals surface area contributed by atoms with Gasteiger partial charge >= 0.3 is 0 Å². The van der Waals surface area contributed by atoms with Crippen LogP contribution >= 0.6 is 0 Å². The highest BCUT2D eigenvalue weighted by molar-refractivity contribution is 5.81. The van der Waals surface area contributed by atoms with Crippen molar-refractivity contribution < 1.29 is 4.52 Å². The highest BCUT2D eigenvalue weighted by Crippen LogP contribution is 2.34. The van der Waals surface area contributed by atoms with Crippen LogP contribution in [-0.4, -0.2) is 26.2 Å². The molecule has 0 bridgehead atoms. The molecular formula is C19H19N7O. The summed E-state index contributed by atoms with van der Waals surface area (Å²) in [5.41, 5.74) is 12.0. The quantitative estimate of drug-likeness (QED) is 0.513. The molecule has 0 fully saturated rings. The lowest BCUT2D eigenvalue weighted by molar-refractivity contribution is 0.432. The molecule has 8 heteroatoms. The van der Waals surface area contributed by atoms with Crippen LogP contribution < -0.4 is 16.0 Å². The SMILES string of the molecule is Cc1nc2ccc(-c3nc(-c4ccc5c(c4)NNN5C(C)C)no3)cc2[nH]1. The molecule has 0 unspecified atom stereocenters. The molecule has 4 aromatic rings. The summed E-state index contributed by atoms with van der Waals surface area (Å²) in [5, 5.41) is 6.23. The predicted octanol–water partition coefficient (Wildman–Crippen LogP) is 3.65. The van der Waals surface area contributed by atoms with Gasteiger partial charge in [0, 0.05) is 17.2 Å². The number of anilines is 2. The van der Waals surface area contributed by atoms with Crippen LogP contribution in [0, 0.1) is 6.92 Å². The molecule has 1 aliphatic heterocycles. The number of hydrogen-bond donors (Lipinski definition) is 3. The summed E-state index contributed by atoms with van der Waals surface area (Å²) in [5.74, 6) is 1.91. The maximum atomic E-state index is 5.50. The topological polar surface area (TPSA) is 94.9 Å². The molecule has 27 heavy (non-hydrogen) atoms. The van der Waals surface area contributed by atoms with Gasteiger partial charge in [0.05, 0.1) is 22.4 Å². The van der Waals surface area contributed by atoms with E-state index in [1.807, 2.05) is 43.3 Å². The molecule has 5 rings (SSSR count). The van der Waals surface area contributed by atoms with Crippen molar-refractivity contribution in [3.63, 3.8) is 0 Å². The monoisotopic (exact) mass is 361 g/mol. The van der Waals surface area contributed by atoms with Crippen molar-refractivity contribution in [1.29, 1.82) is 0 Å². The first kappa shape index (κ1) is 15.8. The number of aromatic nitrogens is 4. The Morgan fingerprint density at radius 3 is 2.74 bits per heavy atom. The summed E-state index contributed by atoms with van der Waals surface area (Å²) in [6.45, 7) is 6.18. The molecule has 0 atom stereocenters. The third kappa shape index (κ3) is 2.61. The molecule has 2 aromatic carbocycles. The molecule has 2 aromatic heterocycles. The van der Waals surface area contributed by atoms with E-state index in [4.69, 9.17) is 4.52 Å². The van der Waals surface area contributed by atoms with Crippen molar-refractivity contribution in [3.05, 3.63) is 42.2 Å². The van der Waals surface area contributed by atoms with Gasteiger partial charge in [-0.25, -0.2) is 4.98 Å². The second-order valence-electron chi connectivity index (χ2n) is 6.91. The van der Waals surface area contributed by atoms with Gasteiger partial charge in [-0.05, 0) is 57.2 Å². The number of nitrogens with one attached hydrogen (secondary N) is 3. The van der Waals surface area contributed by atoms with E-state index in [-0.39, 0.29) is 0 Å². The first-order valence-corrected chi connectivity index (χ1v) is 8.84. The normalized spacial score (nSPS) is 13.4. The van der Waals surface area contributed by atoms with Crippen molar-refractivity contribution in [1.82, 2.24) is 25.6 Å². The molecule has 136 valence electrons. The van der Waals surface area contributed by atoms with Crippen LogP contribution in [0.5, 0.6) is 0 Å². The minimum atomic E-state index is 0.336. The van der Waals surface area contributed by atoms with Gasteiger partial charge in [-0.15, -0.1) is 5.53 Å². The summed E-state index contributed by atoms with van der Waals surface area (Å²) in [6, 6.07) is 12.3. The fourth-order valence-corrected chi connectivity index (χ4v) is 3.30. The number of benzene rings is 2. The molecule has 0 radical (unpaired) electrons. The number of fused-ring (bicyclic) bond motifs is 2. The number of rotatable bonds is 3. The first-order valence-electron chi connectivity index (χ1n) is 8.84. The fourth-order valence-electron chi connectivity index (χ4n) is 3.30. The Kier molecular flexibility index (Phi) is 3.41. The largest absolute Gasteiger partial charge is 0.342 e. The van der Waals surface area contributed by atoms with Gasteiger partial charge in [0.25, 0.3) is 5.89 Å². The maximum absolute atomic E-state index is 5.50. The van der Waals surface area contributed by atoms with Crippen LogP contribution in [0.3, 0.4) is 0 Å². The van der Waals surface area contributed by atoms with E-state index < -0.39 is 0 Å². The molecule has 0 aliphatic carbocycles. The van der Waals surface area contributed by atoms with E-state index in [1.54, 1.807) is 0 Å². The summed E-state index contributed by atoms with van der Waals surface area (Å²) in [6.07, 6.45) is 0. The Morgan fingerprint density at radius 2 is 1.89 bits per heavy atom. The second-order valence-corrected chi connectivity index (χ2v) is 6.91. The predicted molar refractivity (Wildman–Crippen MR) is 104 cm³/mol. The molecule has 0 saturated heterocycles. The number of aromatic amines is 1.